The monoisotopic (exact) mass is 347 g/mol. The topological polar surface area (TPSA) is 39.9 Å². The average molecular weight is 347 g/mol. The average Bonchev–Trinajstić information content (AvgIpc) is 3.34. The minimum Gasteiger partial charge on any atom is -0.496 e. The van der Waals surface area contributed by atoms with E-state index >= 15 is 0 Å². The number of benzene rings is 2. The molecule has 0 bridgehead atoms. The summed E-state index contributed by atoms with van der Waals surface area (Å²) >= 11 is 1.64. The number of nitrogens with zero attached hydrogens (tertiary/aromatic N) is 3. The highest BCUT2D eigenvalue weighted by molar-refractivity contribution is 7.09. The summed E-state index contributed by atoms with van der Waals surface area (Å²) in [4.78, 5) is 4.31. The Hall–Kier alpha value is -2.92. The second-order valence-electron chi connectivity index (χ2n) is 5.61. The molecule has 0 N–H and O–H groups in total. The van der Waals surface area contributed by atoms with Gasteiger partial charge in [-0.15, -0.1) is 11.3 Å². The van der Waals surface area contributed by atoms with Crippen LogP contribution in [-0.4, -0.2) is 21.9 Å². The fourth-order valence-corrected chi connectivity index (χ4v) is 3.41. The molecule has 2 aromatic heterocycles. The second kappa shape index (κ2) is 6.91. The van der Waals surface area contributed by atoms with E-state index in [0.29, 0.717) is 6.54 Å². The van der Waals surface area contributed by atoms with E-state index in [1.54, 1.807) is 18.4 Å². The summed E-state index contributed by atoms with van der Waals surface area (Å²) in [6.07, 6.45) is 3.81. The third kappa shape index (κ3) is 3.32. The van der Waals surface area contributed by atoms with Gasteiger partial charge in [-0.3, -0.25) is 4.68 Å². The Bertz CT molecular complexity index is 976. The maximum atomic E-state index is 5.48. The van der Waals surface area contributed by atoms with E-state index in [1.165, 1.54) is 0 Å². The van der Waals surface area contributed by atoms with Gasteiger partial charge < -0.3 is 4.74 Å². The lowest BCUT2D eigenvalue weighted by molar-refractivity contribution is 0.416. The Morgan fingerprint density at radius 2 is 1.92 bits per heavy atom. The zero-order chi connectivity index (χ0) is 17.1. The molecule has 4 nitrogen and oxygen atoms in total. The third-order valence-corrected chi connectivity index (χ3v) is 4.76. The lowest BCUT2D eigenvalue weighted by Crippen LogP contribution is -1.99. The molecular formula is C20H17N3OS. The largest absolute Gasteiger partial charge is 0.496 e. The maximum absolute atomic E-state index is 5.48. The van der Waals surface area contributed by atoms with Gasteiger partial charge in [0, 0.05) is 28.9 Å². The highest BCUT2D eigenvalue weighted by atomic mass is 32.1. The number of aromatic nitrogens is 3. The van der Waals surface area contributed by atoms with Crippen molar-refractivity contribution in [2.75, 3.05) is 7.11 Å². The normalized spacial score (nSPS) is 10.8. The van der Waals surface area contributed by atoms with E-state index in [-0.39, 0.29) is 0 Å². The molecule has 124 valence electrons. The first kappa shape index (κ1) is 15.6. The molecule has 0 saturated heterocycles. The molecular weight excluding hydrogens is 330 g/mol. The zero-order valence-corrected chi connectivity index (χ0v) is 14.6. The molecule has 0 unspecified atom stereocenters. The second-order valence-corrected chi connectivity index (χ2v) is 6.58. The highest BCUT2D eigenvalue weighted by Crippen LogP contribution is 2.32. The quantitative estimate of drug-likeness (QED) is 0.524. The van der Waals surface area contributed by atoms with E-state index in [1.807, 2.05) is 46.7 Å². The highest BCUT2D eigenvalue weighted by Gasteiger charge is 2.08. The van der Waals surface area contributed by atoms with Crippen LogP contribution in [0, 0.1) is 0 Å². The van der Waals surface area contributed by atoms with Crippen molar-refractivity contribution in [2.24, 2.45) is 0 Å². The Labute approximate surface area is 150 Å². The van der Waals surface area contributed by atoms with Crippen LogP contribution in [0.2, 0.25) is 0 Å². The lowest BCUT2D eigenvalue weighted by Gasteiger charge is -2.09. The fourth-order valence-electron chi connectivity index (χ4n) is 2.80. The molecule has 25 heavy (non-hydrogen) atoms. The Balaban J connectivity index is 1.65. The van der Waals surface area contributed by atoms with Gasteiger partial charge in [-0.1, -0.05) is 36.4 Å². The summed E-state index contributed by atoms with van der Waals surface area (Å²) in [5, 5.41) is 7.72. The molecule has 0 aliphatic carbocycles. The lowest BCUT2D eigenvalue weighted by atomic mass is 10.0. The van der Waals surface area contributed by atoms with Crippen LogP contribution in [-0.2, 0) is 6.54 Å². The zero-order valence-electron chi connectivity index (χ0n) is 13.8. The van der Waals surface area contributed by atoms with Crippen LogP contribution in [0.1, 0.15) is 5.01 Å². The van der Waals surface area contributed by atoms with Crippen molar-refractivity contribution >= 4 is 11.3 Å². The predicted molar refractivity (Wildman–Crippen MR) is 101 cm³/mol. The summed E-state index contributed by atoms with van der Waals surface area (Å²) in [7, 11) is 1.70. The van der Waals surface area contributed by atoms with Crippen LogP contribution in [0.25, 0.3) is 22.4 Å². The van der Waals surface area contributed by atoms with Crippen molar-refractivity contribution in [2.45, 2.75) is 6.54 Å². The molecule has 0 spiro atoms. The van der Waals surface area contributed by atoms with Gasteiger partial charge in [0.2, 0.25) is 0 Å². The van der Waals surface area contributed by atoms with Gasteiger partial charge in [-0.25, -0.2) is 4.98 Å². The summed E-state index contributed by atoms with van der Waals surface area (Å²) in [6.45, 7) is 0.698. The predicted octanol–water partition coefficient (Wildman–Crippen LogP) is 4.73. The first-order valence-electron chi connectivity index (χ1n) is 7.99. The molecule has 4 aromatic rings. The van der Waals surface area contributed by atoms with Crippen molar-refractivity contribution in [1.82, 2.24) is 14.8 Å². The van der Waals surface area contributed by atoms with Gasteiger partial charge in [-0.2, -0.15) is 5.10 Å². The number of hydrogen-bond donors (Lipinski definition) is 0. The first-order chi connectivity index (χ1) is 12.3. The minimum absolute atomic E-state index is 0.698. The van der Waals surface area contributed by atoms with E-state index < -0.39 is 0 Å². The fraction of sp³-hybridized carbons (Fsp3) is 0.100. The van der Waals surface area contributed by atoms with Crippen molar-refractivity contribution in [3.63, 3.8) is 0 Å². The van der Waals surface area contributed by atoms with Crippen LogP contribution in [0.15, 0.2) is 72.4 Å². The van der Waals surface area contributed by atoms with Gasteiger partial charge >= 0.3 is 0 Å². The smallest absolute Gasteiger partial charge is 0.126 e. The standard InChI is InChI=1S/C20H17N3OS/c1-24-19-8-3-2-7-17(19)15-5-4-6-16(13-15)18-9-11-23(22-18)14-20-21-10-12-25-20/h2-13H,14H2,1H3. The van der Waals surface area contributed by atoms with E-state index in [9.17, 15) is 0 Å². The number of para-hydroxylation sites is 1. The van der Waals surface area contributed by atoms with Gasteiger partial charge in [0.1, 0.15) is 10.8 Å². The van der Waals surface area contributed by atoms with Crippen LogP contribution in [0.5, 0.6) is 5.75 Å². The maximum Gasteiger partial charge on any atom is 0.126 e. The molecule has 0 aliphatic rings. The van der Waals surface area contributed by atoms with Gasteiger partial charge in [0.25, 0.3) is 0 Å². The Morgan fingerprint density at radius 1 is 1.04 bits per heavy atom. The van der Waals surface area contributed by atoms with Crippen LogP contribution in [0.4, 0.5) is 0 Å². The summed E-state index contributed by atoms with van der Waals surface area (Å²) in [5.41, 5.74) is 4.23. The molecule has 0 amide bonds. The molecule has 0 aliphatic heterocycles. The number of thiazole rings is 1. The van der Waals surface area contributed by atoms with Crippen LogP contribution < -0.4 is 4.74 Å². The van der Waals surface area contributed by atoms with Crippen molar-refractivity contribution in [3.8, 4) is 28.1 Å². The minimum atomic E-state index is 0.698. The molecule has 4 rings (SSSR count). The number of ether oxygens (including phenoxy) is 1. The van der Waals surface area contributed by atoms with E-state index in [0.717, 1.165) is 33.1 Å². The number of rotatable bonds is 5. The molecule has 2 aromatic carbocycles. The van der Waals surface area contributed by atoms with Gasteiger partial charge in [0.15, 0.2) is 0 Å². The van der Waals surface area contributed by atoms with Crippen LogP contribution >= 0.6 is 11.3 Å². The Kier molecular flexibility index (Phi) is 4.31. The summed E-state index contributed by atoms with van der Waals surface area (Å²) in [5.74, 6) is 0.869. The summed E-state index contributed by atoms with van der Waals surface area (Å²) in [6, 6.07) is 18.5. The number of hydrogen-bond acceptors (Lipinski definition) is 4. The SMILES string of the molecule is COc1ccccc1-c1cccc(-c2ccn(Cc3nccs3)n2)c1. The first-order valence-corrected chi connectivity index (χ1v) is 8.87. The molecule has 0 atom stereocenters. The molecule has 0 fully saturated rings. The van der Waals surface area contributed by atoms with Gasteiger partial charge in [0.05, 0.1) is 19.3 Å². The molecule has 0 radical (unpaired) electrons. The third-order valence-electron chi connectivity index (χ3n) is 4.00. The molecule has 2 heterocycles. The van der Waals surface area contributed by atoms with Crippen LogP contribution in [0.3, 0.4) is 0 Å². The van der Waals surface area contributed by atoms with Crippen molar-refractivity contribution < 1.29 is 4.74 Å². The number of methoxy groups -OCH3 is 1. The van der Waals surface area contributed by atoms with E-state index in [2.05, 4.69) is 40.4 Å². The van der Waals surface area contributed by atoms with Gasteiger partial charge in [-0.05, 0) is 23.8 Å². The van der Waals surface area contributed by atoms with E-state index in [4.69, 9.17) is 4.74 Å². The summed E-state index contributed by atoms with van der Waals surface area (Å²) < 4.78 is 7.40. The van der Waals surface area contributed by atoms with Crippen molar-refractivity contribution in [3.05, 3.63) is 77.4 Å². The van der Waals surface area contributed by atoms with Crippen molar-refractivity contribution in [1.29, 1.82) is 0 Å². The Morgan fingerprint density at radius 3 is 2.76 bits per heavy atom. The molecule has 0 saturated carbocycles. The molecule has 5 heteroatoms.